The van der Waals surface area contributed by atoms with Gasteiger partial charge in [0.15, 0.2) is 5.82 Å². The molecule has 1 saturated heterocycles. The summed E-state index contributed by atoms with van der Waals surface area (Å²) in [4.78, 5) is 18.7. The number of likely N-dealkylation sites (tertiary alicyclic amines) is 1. The first kappa shape index (κ1) is 17.5. The maximum absolute atomic E-state index is 12.4. The van der Waals surface area contributed by atoms with E-state index in [4.69, 9.17) is 9.05 Å². The van der Waals surface area contributed by atoms with E-state index in [2.05, 4.69) is 15.3 Å². The lowest BCUT2D eigenvalue weighted by Gasteiger charge is -2.37. The molecular weight excluding hydrogens is 344 g/mol. The lowest BCUT2D eigenvalue weighted by Crippen LogP contribution is -2.48. The van der Waals surface area contributed by atoms with Crippen molar-refractivity contribution < 1.29 is 13.8 Å². The molecular formula is C20H22N4O3. The van der Waals surface area contributed by atoms with Gasteiger partial charge in [-0.1, -0.05) is 40.6 Å². The summed E-state index contributed by atoms with van der Waals surface area (Å²) in [5.74, 6) is 2.36. The fourth-order valence-electron chi connectivity index (χ4n) is 3.37. The molecule has 3 heterocycles. The molecule has 0 spiro atoms. The first-order chi connectivity index (χ1) is 13.1. The topological polar surface area (TPSA) is 85.3 Å². The smallest absolute Gasteiger partial charge is 0.233 e. The molecule has 1 amide bonds. The lowest BCUT2D eigenvalue weighted by atomic mass is 9.98. The number of aryl methyl sites for hydroxylation is 2. The Labute approximate surface area is 157 Å². The van der Waals surface area contributed by atoms with Crippen LogP contribution in [0.3, 0.4) is 0 Å². The molecule has 0 saturated carbocycles. The molecule has 0 radical (unpaired) electrons. The fraction of sp³-hybridized carbons (Fsp3) is 0.400. The highest BCUT2D eigenvalue weighted by atomic mass is 16.5. The van der Waals surface area contributed by atoms with E-state index in [-0.39, 0.29) is 11.8 Å². The highest BCUT2D eigenvalue weighted by Gasteiger charge is 2.35. The minimum Gasteiger partial charge on any atom is -0.361 e. The number of carbonyl (C=O) groups excluding carboxylic acids is 1. The molecule has 0 aliphatic carbocycles. The van der Waals surface area contributed by atoms with Crippen LogP contribution >= 0.6 is 0 Å². The van der Waals surface area contributed by atoms with Gasteiger partial charge >= 0.3 is 0 Å². The normalized spacial score (nSPS) is 14.4. The highest BCUT2D eigenvalue weighted by molar-refractivity contribution is 5.77. The number of rotatable bonds is 6. The van der Waals surface area contributed by atoms with Gasteiger partial charge in [-0.3, -0.25) is 4.79 Å². The number of carbonyl (C=O) groups is 1. The molecule has 2 aromatic heterocycles. The molecule has 0 unspecified atom stereocenters. The monoisotopic (exact) mass is 366 g/mol. The Bertz CT molecular complexity index is 906. The minimum absolute atomic E-state index is 0.130. The SMILES string of the molecule is Cc1noc(C)c1CCC(=O)N1CC(c2nc(Cc3ccccc3)no2)C1. The van der Waals surface area contributed by atoms with E-state index in [9.17, 15) is 4.79 Å². The quantitative estimate of drug-likeness (QED) is 0.667. The first-order valence-electron chi connectivity index (χ1n) is 9.16. The zero-order valence-corrected chi connectivity index (χ0v) is 15.5. The van der Waals surface area contributed by atoms with Crippen molar-refractivity contribution in [2.45, 2.75) is 39.0 Å². The Balaban J connectivity index is 1.27. The van der Waals surface area contributed by atoms with Crippen molar-refractivity contribution in [3.05, 3.63) is 64.6 Å². The van der Waals surface area contributed by atoms with Gasteiger partial charge in [0, 0.05) is 31.5 Å². The van der Waals surface area contributed by atoms with Crippen LogP contribution in [0.5, 0.6) is 0 Å². The van der Waals surface area contributed by atoms with Gasteiger partial charge < -0.3 is 13.9 Å². The van der Waals surface area contributed by atoms with E-state index in [0.29, 0.717) is 44.1 Å². The van der Waals surface area contributed by atoms with Crippen molar-refractivity contribution in [1.29, 1.82) is 0 Å². The Kier molecular flexibility index (Phi) is 4.75. The van der Waals surface area contributed by atoms with Gasteiger partial charge in [0.1, 0.15) is 5.76 Å². The average Bonchev–Trinajstić information content (AvgIpc) is 3.20. The third-order valence-electron chi connectivity index (χ3n) is 5.04. The van der Waals surface area contributed by atoms with Crippen LogP contribution in [0.25, 0.3) is 0 Å². The molecule has 0 N–H and O–H groups in total. The van der Waals surface area contributed by atoms with Gasteiger partial charge in [0.2, 0.25) is 11.8 Å². The fourth-order valence-corrected chi connectivity index (χ4v) is 3.37. The summed E-state index contributed by atoms with van der Waals surface area (Å²) >= 11 is 0. The second-order valence-electron chi connectivity index (χ2n) is 7.01. The van der Waals surface area contributed by atoms with Gasteiger partial charge in [0.05, 0.1) is 11.6 Å². The summed E-state index contributed by atoms with van der Waals surface area (Å²) in [5.41, 5.74) is 3.04. The molecule has 140 valence electrons. The predicted molar refractivity (Wildman–Crippen MR) is 97.2 cm³/mol. The summed E-state index contributed by atoms with van der Waals surface area (Å²) in [6.45, 7) is 5.04. The molecule has 1 aliphatic heterocycles. The molecule has 7 nitrogen and oxygen atoms in total. The molecule has 3 aromatic rings. The van der Waals surface area contributed by atoms with E-state index in [0.717, 1.165) is 22.6 Å². The van der Waals surface area contributed by atoms with E-state index < -0.39 is 0 Å². The Morgan fingerprint density at radius 2 is 1.93 bits per heavy atom. The number of benzene rings is 1. The zero-order valence-electron chi connectivity index (χ0n) is 15.5. The van der Waals surface area contributed by atoms with E-state index in [1.165, 1.54) is 0 Å². The first-order valence-corrected chi connectivity index (χ1v) is 9.16. The lowest BCUT2D eigenvalue weighted by molar-refractivity contribution is -0.135. The summed E-state index contributed by atoms with van der Waals surface area (Å²) in [6, 6.07) is 10.1. The maximum atomic E-state index is 12.4. The van der Waals surface area contributed by atoms with Crippen molar-refractivity contribution in [2.24, 2.45) is 0 Å². The highest BCUT2D eigenvalue weighted by Crippen LogP contribution is 2.27. The van der Waals surface area contributed by atoms with E-state index >= 15 is 0 Å². The summed E-state index contributed by atoms with van der Waals surface area (Å²) < 4.78 is 10.5. The Morgan fingerprint density at radius 3 is 2.63 bits per heavy atom. The second kappa shape index (κ2) is 7.34. The zero-order chi connectivity index (χ0) is 18.8. The van der Waals surface area contributed by atoms with Crippen LogP contribution in [0.15, 0.2) is 39.4 Å². The number of aromatic nitrogens is 3. The Hall–Kier alpha value is -2.96. The predicted octanol–water partition coefficient (Wildman–Crippen LogP) is 2.82. The van der Waals surface area contributed by atoms with Crippen molar-refractivity contribution in [3.63, 3.8) is 0 Å². The van der Waals surface area contributed by atoms with Gasteiger partial charge in [-0.05, 0) is 25.8 Å². The number of nitrogens with zero attached hydrogens (tertiary/aromatic N) is 4. The van der Waals surface area contributed by atoms with Crippen molar-refractivity contribution >= 4 is 5.91 Å². The van der Waals surface area contributed by atoms with E-state index in [1.54, 1.807) is 0 Å². The van der Waals surface area contributed by atoms with Crippen LogP contribution in [0.1, 0.15) is 46.6 Å². The van der Waals surface area contributed by atoms with Crippen molar-refractivity contribution in [3.8, 4) is 0 Å². The van der Waals surface area contributed by atoms with Crippen LogP contribution in [0.4, 0.5) is 0 Å². The molecule has 4 rings (SSSR count). The largest absolute Gasteiger partial charge is 0.361 e. The van der Waals surface area contributed by atoms with Gasteiger partial charge in [-0.25, -0.2) is 0 Å². The van der Waals surface area contributed by atoms with E-state index in [1.807, 2.05) is 49.1 Å². The van der Waals surface area contributed by atoms with Gasteiger partial charge in [0.25, 0.3) is 0 Å². The molecule has 7 heteroatoms. The average molecular weight is 366 g/mol. The summed E-state index contributed by atoms with van der Waals surface area (Å²) in [5, 5.41) is 8.00. The standard InChI is InChI=1S/C20H22N4O3/c1-13-17(14(2)26-22-13)8-9-19(25)24-11-16(12-24)20-21-18(23-27-20)10-15-6-4-3-5-7-15/h3-7,16H,8-12H2,1-2H3. The number of hydrogen-bond acceptors (Lipinski definition) is 6. The van der Waals surface area contributed by atoms with Crippen LogP contribution in [0, 0.1) is 13.8 Å². The molecule has 0 atom stereocenters. The number of amides is 1. The van der Waals surface area contributed by atoms with Crippen molar-refractivity contribution in [1.82, 2.24) is 20.2 Å². The van der Waals surface area contributed by atoms with Gasteiger partial charge in [-0.2, -0.15) is 4.98 Å². The Morgan fingerprint density at radius 1 is 1.15 bits per heavy atom. The maximum Gasteiger partial charge on any atom is 0.233 e. The third kappa shape index (κ3) is 3.77. The molecule has 1 aromatic carbocycles. The molecule has 1 fully saturated rings. The minimum atomic E-state index is 0.130. The van der Waals surface area contributed by atoms with Crippen LogP contribution in [-0.2, 0) is 17.6 Å². The third-order valence-corrected chi connectivity index (χ3v) is 5.04. The number of hydrogen-bond donors (Lipinski definition) is 0. The molecule has 1 aliphatic rings. The summed E-state index contributed by atoms with van der Waals surface area (Å²) in [6.07, 6.45) is 1.76. The van der Waals surface area contributed by atoms with Crippen LogP contribution in [0.2, 0.25) is 0 Å². The van der Waals surface area contributed by atoms with Gasteiger partial charge in [-0.15, -0.1) is 0 Å². The second-order valence-corrected chi connectivity index (χ2v) is 7.01. The van der Waals surface area contributed by atoms with Crippen LogP contribution in [-0.4, -0.2) is 39.2 Å². The molecule has 0 bridgehead atoms. The molecule has 27 heavy (non-hydrogen) atoms. The van der Waals surface area contributed by atoms with Crippen LogP contribution < -0.4 is 0 Å². The summed E-state index contributed by atoms with van der Waals surface area (Å²) in [7, 11) is 0. The van der Waals surface area contributed by atoms with Crippen molar-refractivity contribution in [2.75, 3.05) is 13.1 Å².